The van der Waals surface area contributed by atoms with Crippen molar-refractivity contribution in [3.8, 4) is 5.75 Å². The summed E-state index contributed by atoms with van der Waals surface area (Å²) in [6.45, 7) is 3.94. The first-order valence-corrected chi connectivity index (χ1v) is 7.51. The Kier molecular flexibility index (Phi) is 4.80. The molecule has 0 aliphatic rings. The summed E-state index contributed by atoms with van der Waals surface area (Å²) in [5.41, 5.74) is 8.34. The van der Waals surface area contributed by atoms with Crippen LogP contribution in [0.4, 0.5) is 5.13 Å². The zero-order chi connectivity index (χ0) is 15.4. The lowest BCUT2D eigenvalue weighted by atomic mass is 10.0. The summed E-state index contributed by atoms with van der Waals surface area (Å²) < 4.78 is 5.35. The van der Waals surface area contributed by atoms with Gasteiger partial charge >= 0.3 is 0 Å². The van der Waals surface area contributed by atoms with Crippen LogP contribution in [0.5, 0.6) is 5.75 Å². The Balaban J connectivity index is 2.05. The molecular weight excluding hydrogens is 286 g/mol. The van der Waals surface area contributed by atoms with E-state index in [0.717, 1.165) is 16.9 Å². The zero-order valence-corrected chi connectivity index (χ0v) is 13.2. The molecule has 0 aliphatic heterocycles. The second-order valence-corrected chi connectivity index (χ2v) is 5.78. The number of methoxy groups -OCH3 is 1. The number of aromatic nitrogens is 1. The molecule has 3 N–H and O–H groups in total. The molecule has 6 heteroatoms. The van der Waals surface area contributed by atoms with Crippen molar-refractivity contribution >= 4 is 22.4 Å². The third-order valence-corrected chi connectivity index (χ3v) is 3.86. The number of carbonyl (C=O) groups is 1. The molecule has 0 saturated heterocycles. The van der Waals surface area contributed by atoms with Gasteiger partial charge in [0.05, 0.1) is 25.3 Å². The molecule has 0 radical (unpaired) electrons. The highest BCUT2D eigenvalue weighted by molar-refractivity contribution is 7.13. The Hall–Kier alpha value is -2.08. The van der Waals surface area contributed by atoms with Gasteiger partial charge in [-0.15, -0.1) is 11.3 Å². The first-order valence-electron chi connectivity index (χ1n) is 6.63. The van der Waals surface area contributed by atoms with Gasteiger partial charge in [-0.1, -0.05) is 17.7 Å². The van der Waals surface area contributed by atoms with Crippen LogP contribution in [0.2, 0.25) is 0 Å². The van der Waals surface area contributed by atoms with Gasteiger partial charge in [-0.25, -0.2) is 4.98 Å². The standard InChI is InChI=1S/C15H19N3O2S/c1-9-4-5-13(20-3)12(6-9)10(2)17-14(19)7-11-8-21-15(16)18-11/h4-6,8,10H,7H2,1-3H3,(H2,16,18)(H,17,19). The van der Waals surface area contributed by atoms with Crippen molar-refractivity contribution in [3.63, 3.8) is 0 Å². The minimum atomic E-state index is -0.136. The molecule has 2 aromatic rings. The van der Waals surface area contributed by atoms with E-state index in [4.69, 9.17) is 10.5 Å². The maximum Gasteiger partial charge on any atom is 0.226 e. The van der Waals surface area contributed by atoms with Crippen LogP contribution in [0.25, 0.3) is 0 Å². The van der Waals surface area contributed by atoms with Gasteiger partial charge in [0.2, 0.25) is 5.91 Å². The lowest BCUT2D eigenvalue weighted by Crippen LogP contribution is -2.28. The number of carbonyl (C=O) groups excluding carboxylic acids is 1. The largest absolute Gasteiger partial charge is 0.496 e. The molecule has 2 rings (SSSR count). The summed E-state index contributed by atoms with van der Waals surface area (Å²) in [5.74, 6) is 0.683. The van der Waals surface area contributed by atoms with Crippen LogP contribution in [-0.4, -0.2) is 18.0 Å². The number of rotatable bonds is 5. The molecular formula is C15H19N3O2S. The molecule has 1 heterocycles. The van der Waals surface area contributed by atoms with Crippen molar-refractivity contribution in [2.24, 2.45) is 0 Å². The summed E-state index contributed by atoms with van der Waals surface area (Å²) >= 11 is 1.34. The number of nitrogens with two attached hydrogens (primary N) is 1. The fourth-order valence-corrected chi connectivity index (χ4v) is 2.69. The number of nitrogen functional groups attached to an aromatic ring is 1. The van der Waals surface area contributed by atoms with E-state index in [2.05, 4.69) is 10.3 Å². The Bertz CT molecular complexity index is 640. The average molecular weight is 305 g/mol. The zero-order valence-electron chi connectivity index (χ0n) is 12.3. The summed E-state index contributed by atoms with van der Waals surface area (Å²) in [6.07, 6.45) is 0.228. The first kappa shape index (κ1) is 15.3. The van der Waals surface area contributed by atoms with Gasteiger partial charge in [0, 0.05) is 10.9 Å². The van der Waals surface area contributed by atoms with E-state index in [0.29, 0.717) is 10.8 Å². The number of ether oxygens (including phenoxy) is 1. The molecule has 1 amide bonds. The van der Waals surface area contributed by atoms with Crippen molar-refractivity contribution in [1.29, 1.82) is 0 Å². The van der Waals surface area contributed by atoms with Gasteiger partial charge in [-0.05, 0) is 19.9 Å². The van der Waals surface area contributed by atoms with Crippen molar-refractivity contribution in [1.82, 2.24) is 10.3 Å². The van der Waals surface area contributed by atoms with E-state index in [9.17, 15) is 4.79 Å². The van der Waals surface area contributed by atoms with Gasteiger partial charge in [-0.3, -0.25) is 4.79 Å². The van der Waals surface area contributed by atoms with Crippen molar-refractivity contribution in [2.75, 3.05) is 12.8 Å². The van der Waals surface area contributed by atoms with Crippen LogP contribution >= 0.6 is 11.3 Å². The Morgan fingerprint density at radius 2 is 2.29 bits per heavy atom. The molecule has 1 atom stereocenters. The number of hydrogen-bond donors (Lipinski definition) is 2. The second-order valence-electron chi connectivity index (χ2n) is 4.89. The summed E-state index contributed by atoms with van der Waals surface area (Å²) in [5, 5.41) is 5.24. The van der Waals surface area contributed by atoms with Crippen LogP contribution in [0.15, 0.2) is 23.6 Å². The van der Waals surface area contributed by atoms with E-state index >= 15 is 0 Å². The topological polar surface area (TPSA) is 77.2 Å². The van der Waals surface area contributed by atoms with E-state index in [1.54, 1.807) is 12.5 Å². The SMILES string of the molecule is COc1ccc(C)cc1C(C)NC(=O)Cc1csc(N)n1. The number of nitrogens with one attached hydrogen (secondary N) is 1. The molecule has 5 nitrogen and oxygen atoms in total. The molecule has 0 spiro atoms. The Morgan fingerprint density at radius 3 is 2.90 bits per heavy atom. The molecule has 0 aliphatic carbocycles. The number of anilines is 1. The van der Waals surface area contributed by atoms with Gasteiger partial charge in [-0.2, -0.15) is 0 Å². The molecule has 1 unspecified atom stereocenters. The Morgan fingerprint density at radius 1 is 1.52 bits per heavy atom. The smallest absolute Gasteiger partial charge is 0.226 e. The van der Waals surface area contributed by atoms with E-state index in [1.165, 1.54) is 11.3 Å². The predicted octanol–water partition coefficient (Wildman–Crippen LogP) is 2.46. The van der Waals surface area contributed by atoms with E-state index in [-0.39, 0.29) is 18.4 Å². The highest BCUT2D eigenvalue weighted by Gasteiger charge is 2.15. The van der Waals surface area contributed by atoms with Crippen molar-refractivity contribution in [3.05, 3.63) is 40.4 Å². The molecule has 1 aromatic heterocycles. The van der Waals surface area contributed by atoms with Crippen LogP contribution < -0.4 is 15.8 Å². The third-order valence-electron chi connectivity index (χ3n) is 3.14. The second kappa shape index (κ2) is 6.58. The van der Waals surface area contributed by atoms with Crippen molar-refractivity contribution in [2.45, 2.75) is 26.3 Å². The average Bonchev–Trinajstić information content (AvgIpc) is 2.83. The molecule has 21 heavy (non-hydrogen) atoms. The van der Waals surface area contributed by atoms with Crippen LogP contribution in [-0.2, 0) is 11.2 Å². The van der Waals surface area contributed by atoms with Gasteiger partial charge in [0.15, 0.2) is 5.13 Å². The highest BCUT2D eigenvalue weighted by Crippen LogP contribution is 2.26. The minimum absolute atomic E-state index is 0.0867. The number of hydrogen-bond acceptors (Lipinski definition) is 5. The summed E-state index contributed by atoms with van der Waals surface area (Å²) in [6, 6.07) is 5.77. The first-order chi connectivity index (χ1) is 9.99. The number of amides is 1. The predicted molar refractivity (Wildman–Crippen MR) is 84.5 cm³/mol. The fourth-order valence-electron chi connectivity index (χ4n) is 2.13. The normalized spacial score (nSPS) is 12.0. The number of thiazole rings is 1. The van der Waals surface area contributed by atoms with Crippen LogP contribution in [0.3, 0.4) is 0 Å². The maximum absolute atomic E-state index is 12.1. The number of benzene rings is 1. The van der Waals surface area contributed by atoms with Crippen molar-refractivity contribution < 1.29 is 9.53 Å². The van der Waals surface area contributed by atoms with Crippen LogP contribution in [0, 0.1) is 6.92 Å². The third kappa shape index (κ3) is 3.95. The quantitative estimate of drug-likeness (QED) is 0.889. The Labute approximate surface area is 128 Å². The highest BCUT2D eigenvalue weighted by atomic mass is 32.1. The number of nitrogens with zero attached hydrogens (tertiary/aromatic N) is 1. The molecule has 0 fully saturated rings. The summed E-state index contributed by atoms with van der Waals surface area (Å²) in [4.78, 5) is 16.2. The number of aryl methyl sites for hydroxylation is 1. The molecule has 0 saturated carbocycles. The van der Waals surface area contributed by atoms with Crippen LogP contribution in [0.1, 0.15) is 29.8 Å². The van der Waals surface area contributed by atoms with Gasteiger partial charge in [0.25, 0.3) is 0 Å². The monoisotopic (exact) mass is 305 g/mol. The van der Waals surface area contributed by atoms with E-state index in [1.807, 2.05) is 32.0 Å². The van der Waals surface area contributed by atoms with E-state index < -0.39 is 0 Å². The lowest BCUT2D eigenvalue weighted by molar-refractivity contribution is -0.121. The van der Waals surface area contributed by atoms with Gasteiger partial charge in [0.1, 0.15) is 5.75 Å². The lowest BCUT2D eigenvalue weighted by Gasteiger charge is -2.17. The maximum atomic E-state index is 12.1. The fraction of sp³-hybridized carbons (Fsp3) is 0.333. The summed E-state index contributed by atoms with van der Waals surface area (Å²) in [7, 11) is 1.63. The molecule has 0 bridgehead atoms. The minimum Gasteiger partial charge on any atom is -0.496 e. The van der Waals surface area contributed by atoms with Gasteiger partial charge < -0.3 is 15.8 Å². The molecule has 112 valence electrons. The molecule has 1 aromatic carbocycles.